The standard InChI is InChI=1S/C15H20N2O4/c1-11-3-4-12(15(19)20-2)9-13(11)16-14(18)10-17-5-7-21-8-6-17/h3-4,9H,5-8,10H2,1-2H3,(H,16,18). The van der Waals surface area contributed by atoms with E-state index in [4.69, 9.17) is 4.74 Å². The fourth-order valence-corrected chi connectivity index (χ4v) is 2.15. The van der Waals surface area contributed by atoms with E-state index in [9.17, 15) is 9.59 Å². The molecule has 21 heavy (non-hydrogen) atoms. The molecule has 0 radical (unpaired) electrons. The smallest absolute Gasteiger partial charge is 0.337 e. The molecule has 0 aliphatic carbocycles. The summed E-state index contributed by atoms with van der Waals surface area (Å²) in [6, 6.07) is 5.10. The summed E-state index contributed by atoms with van der Waals surface area (Å²) in [5.41, 5.74) is 1.96. The number of morpholine rings is 1. The quantitative estimate of drug-likeness (QED) is 0.840. The Morgan fingerprint density at radius 1 is 1.33 bits per heavy atom. The van der Waals surface area contributed by atoms with Gasteiger partial charge < -0.3 is 14.8 Å². The van der Waals surface area contributed by atoms with Crippen LogP contribution >= 0.6 is 0 Å². The Balaban J connectivity index is 2.00. The fourth-order valence-electron chi connectivity index (χ4n) is 2.15. The molecule has 1 aromatic rings. The Morgan fingerprint density at radius 2 is 2.05 bits per heavy atom. The van der Waals surface area contributed by atoms with Crippen LogP contribution in [0.15, 0.2) is 18.2 Å². The second-order valence-electron chi connectivity index (χ2n) is 4.96. The molecule has 0 atom stereocenters. The van der Waals surface area contributed by atoms with E-state index >= 15 is 0 Å². The fraction of sp³-hybridized carbons (Fsp3) is 0.467. The number of esters is 1. The van der Waals surface area contributed by atoms with Gasteiger partial charge in [-0.2, -0.15) is 0 Å². The second kappa shape index (κ2) is 7.19. The van der Waals surface area contributed by atoms with Crippen LogP contribution in [0, 0.1) is 6.92 Å². The maximum absolute atomic E-state index is 12.1. The first-order valence-corrected chi connectivity index (χ1v) is 6.89. The predicted octanol–water partition coefficient (Wildman–Crippen LogP) is 1.05. The molecule has 0 bridgehead atoms. The molecule has 0 saturated carbocycles. The summed E-state index contributed by atoms with van der Waals surface area (Å²) in [5, 5.41) is 2.85. The summed E-state index contributed by atoms with van der Waals surface area (Å²) in [6.07, 6.45) is 0. The van der Waals surface area contributed by atoms with Crippen LogP contribution in [-0.2, 0) is 14.3 Å². The number of rotatable bonds is 4. The lowest BCUT2D eigenvalue weighted by Crippen LogP contribution is -2.41. The summed E-state index contributed by atoms with van der Waals surface area (Å²) in [6.45, 7) is 5.04. The summed E-state index contributed by atoms with van der Waals surface area (Å²) >= 11 is 0. The second-order valence-corrected chi connectivity index (χ2v) is 4.96. The number of carbonyl (C=O) groups excluding carboxylic acids is 2. The molecule has 1 fully saturated rings. The number of hydrogen-bond acceptors (Lipinski definition) is 5. The van der Waals surface area contributed by atoms with Crippen molar-refractivity contribution in [2.24, 2.45) is 0 Å². The highest BCUT2D eigenvalue weighted by Crippen LogP contribution is 2.17. The number of benzene rings is 1. The molecule has 0 aromatic heterocycles. The molecule has 1 aromatic carbocycles. The van der Waals surface area contributed by atoms with E-state index in [1.54, 1.807) is 18.2 Å². The van der Waals surface area contributed by atoms with Crippen LogP contribution in [0.25, 0.3) is 0 Å². The van der Waals surface area contributed by atoms with Crippen LogP contribution < -0.4 is 5.32 Å². The molecule has 0 unspecified atom stereocenters. The van der Waals surface area contributed by atoms with Crippen molar-refractivity contribution in [3.05, 3.63) is 29.3 Å². The van der Waals surface area contributed by atoms with Gasteiger partial charge in [0, 0.05) is 18.8 Å². The van der Waals surface area contributed by atoms with Gasteiger partial charge >= 0.3 is 5.97 Å². The van der Waals surface area contributed by atoms with Gasteiger partial charge in [0.2, 0.25) is 5.91 Å². The third-order valence-electron chi connectivity index (χ3n) is 3.40. The van der Waals surface area contributed by atoms with Crippen LogP contribution in [0.1, 0.15) is 15.9 Å². The molecule has 114 valence electrons. The van der Waals surface area contributed by atoms with Crippen molar-refractivity contribution in [2.75, 3.05) is 45.3 Å². The molecule has 1 heterocycles. The number of ether oxygens (including phenoxy) is 2. The van der Waals surface area contributed by atoms with Gasteiger partial charge in [-0.15, -0.1) is 0 Å². The molecule has 1 amide bonds. The first kappa shape index (κ1) is 15.5. The Bertz CT molecular complexity index is 524. The molecule has 1 N–H and O–H groups in total. The Hall–Kier alpha value is -1.92. The lowest BCUT2D eigenvalue weighted by Gasteiger charge is -2.25. The van der Waals surface area contributed by atoms with Gasteiger partial charge in [-0.25, -0.2) is 4.79 Å². The van der Waals surface area contributed by atoms with E-state index in [0.29, 0.717) is 31.0 Å². The molecule has 1 saturated heterocycles. The zero-order valence-electron chi connectivity index (χ0n) is 12.3. The first-order valence-electron chi connectivity index (χ1n) is 6.89. The van der Waals surface area contributed by atoms with Crippen molar-refractivity contribution in [3.8, 4) is 0 Å². The molecular formula is C15H20N2O4. The minimum atomic E-state index is -0.418. The molecule has 1 aliphatic heterocycles. The third-order valence-corrected chi connectivity index (χ3v) is 3.40. The molecule has 6 heteroatoms. The van der Waals surface area contributed by atoms with Gasteiger partial charge in [0.25, 0.3) is 0 Å². The van der Waals surface area contributed by atoms with Crippen molar-refractivity contribution in [1.29, 1.82) is 0 Å². The topological polar surface area (TPSA) is 67.9 Å². The normalized spacial score (nSPS) is 15.5. The molecule has 2 rings (SSSR count). The largest absolute Gasteiger partial charge is 0.465 e. The number of hydrogen-bond donors (Lipinski definition) is 1. The number of nitrogens with zero attached hydrogens (tertiary/aromatic N) is 1. The summed E-state index contributed by atoms with van der Waals surface area (Å²) in [5.74, 6) is -0.513. The van der Waals surface area contributed by atoms with E-state index in [2.05, 4.69) is 10.1 Å². The minimum Gasteiger partial charge on any atom is -0.465 e. The van der Waals surface area contributed by atoms with E-state index < -0.39 is 5.97 Å². The van der Waals surface area contributed by atoms with Crippen molar-refractivity contribution in [2.45, 2.75) is 6.92 Å². The van der Waals surface area contributed by atoms with Crippen LogP contribution in [0.5, 0.6) is 0 Å². The first-order chi connectivity index (χ1) is 10.1. The Kier molecular flexibility index (Phi) is 5.30. The van der Waals surface area contributed by atoms with Gasteiger partial charge in [-0.3, -0.25) is 9.69 Å². The summed E-state index contributed by atoms with van der Waals surface area (Å²) in [4.78, 5) is 25.6. The van der Waals surface area contributed by atoms with Gasteiger partial charge in [-0.05, 0) is 24.6 Å². The number of nitrogens with one attached hydrogen (secondary N) is 1. The van der Waals surface area contributed by atoms with Crippen LogP contribution in [-0.4, -0.2) is 56.7 Å². The van der Waals surface area contributed by atoms with Crippen molar-refractivity contribution in [3.63, 3.8) is 0 Å². The van der Waals surface area contributed by atoms with Crippen molar-refractivity contribution in [1.82, 2.24) is 4.90 Å². The number of methoxy groups -OCH3 is 1. The van der Waals surface area contributed by atoms with Gasteiger partial charge in [-0.1, -0.05) is 6.07 Å². The number of amides is 1. The van der Waals surface area contributed by atoms with Crippen LogP contribution in [0.3, 0.4) is 0 Å². The highest BCUT2D eigenvalue weighted by molar-refractivity contribution is 5.96. The molecule has 0 spiro atoms. The van der Waals surface area contributed by atoms with Crippen LogP contribution in [0.4, 0.5) is 5.69 Å². The van der Waals surface area contributed by atoms with E-state index in [1.165, 1.54) is 7.11 Å². The molecule has 1 aliphatic rings. The maximum atomic E-state index is 12.1. The van der Waals surface area contributed by atoms with Gasteiger partial charge in [0.15, 0.2) is 0 Å². The average molecular weight is 292 g/mol. The van der Waals surface area contributed by atoms with E-state index in [-0.39, 0.29) is 5.91 Å². The Morgan fingerprint density at radius 3 is 2.71 bits per heavy atom. The maximum Gasteiger partial charge on any atom is 0.337 e. The molecule has 6 nitrogen and oxygen atoms in total. The monoisotopic (exact) mass is 292 g/mol. The SMILES string of the molecule is COC(=O)c1ccc(C)c(NC(=O)CN2CCOCC2)c1. The number of anilines is 1. The van der Waals surface area contributed by atoms with E-state index in [1.807, 2.05) is 11.8 Å². The summed E-state index contributed by atoms with van der Waals surface area (Å²) < 4.78 is 9.93. The lowest BCUT2D eigenvalue weighted by molar-refractivity contribution is -0.118. The third kappa shape index (κ3) is 4.27. The number of carbonyl (C=O) groups is 2. The average Bonchev–Trinajstić information content (AvgIpc) is 2.49. The number of aryl methyl sites for hydroxylation is 1. The van der Waals surface area contributed by atoms with Crippen molar-refractivity contribution < 1.29 is 19.1 Å². The van der Waals surface area contributed by atoms with Gasteiger partial charge in [0.1, 0.15) is 0 Å². The predicted molar refractivity (Wildman–Crippen MR) is 78.4 cm³/mol. The minimum absolute atomic E-state index is 0.0954. The van der Waals surface area contributed by atoms with Crippen LogP contribution in [0.2, 0.25) is 0 Å². The zero-order chi connectivity index (χ0) is 15.2. The lowest BCUT2D eigenvalue weighted by atomic mass is 10.1. The summed E-state index contributed by atoms with van der Waals surface area (Å²) in [7, 11) is 1.33. The highest BCUT2D eigenvalue weighted by atomic mass is 16.5. The van der Waals surface area contributed by atoms with Gasteiger partial charge in [0.05, 0.1) is 32.4 Å². The van der Waals surface area contributed by atoms with Crippen molar-refractivity contribution >= 4 is 17.6 Å². The Labute approximate surface area is 124 Å². The molecular weight excluding hydrogens is 272 g/mol. The van der Waals surface area contributed by atoms with E-state index in [0.717, 1.165) is 18.7 Å². The highest BCUT2D eigenvalue weighted by Gasteiger charge is 2.15. The zero-order valence-corrected chi connectivity index (χ0v) is 12.3.